The molecule has 3 heteroatoms. The van der Waals surface area contributed by atoms with Gasteiger partial charge in [-0.25, -0.2) is 0 Å². The van der Waals surface area contributed by atoms with Gasteiger partial charge in [-0.3, -0.25) is 4.90 Å². The number of aryl methyl sites for hydroxylation is 1. The Morgan fingerprint density at radius 2 is 1.89 bits per heavy atom. The number of nitriles is 1. The van der Waals surface area contributed by atoms with Crippen LogP contribution < -0.4 is 4.90 Å². The van der Waals surface area contributed by atoms with Gasteiger partial charge in [0.05, 0.1) is 11.6 Å². The molecule has 1 aliphatic heterocycles. The fourth-order valence-electron chi connectivity index (χ4n) is 2.75. The van der Waals surface area contributed by atoms with E-state index in [2.05, 4.69) is 28.0 Å². The lowest BCUT2D eigenvalue weighted by atomic mass is 10.1. The van der Waals surface area contributed by atoms with E-state index in [0.29, 0.717) is 0 Å². The highest BCUT2D eigenvalue weighted by Gasteiger charge is 2.31. The molecule has 1 aromatic rings. The molecule has 1 aliphatic carbocycles. The first-order valence-corrected chi connectivity index (χ1v) is 6.77. The van der Waals surface area contributed by atoms with Crippen molar-refractivity contribution < 1.29 is 0 Å². The molecule has 0 aromatic heterocycles. The molecule has 18 heavy (non-hydrogen) atoms. The maximum Gasteiger partial charge on any atom is 0.0994 e. The fourth-order valence-corrected chi connectivity index (χ4v) is 2.75. The number of nitrogens with zero attached hydrogens (tertiary/aromatic N) is 3. The summed E-state index contributed by atoms with van der Waals surface area (Å²) in [6, 6.07) is 9.28. The fraction of sp³-hybridized carbons (Fsp3) is 0.533. The molecule has 1 saturated carbocycles. The molecule has 0 atom stereocenters. The van der Waals surface area contributed by atoms with Crippen LogP contribution >= 0.6 is 0 Å². The minimum Gasteiger partial charge on any atom is -0.369 e. The average Bonchev–Trinajstić information content (AvgIpc) is 3.23. The lowest BCUT2D eigenvalue weighted by Crippen LogP contribution is -2.47. The Morgan fingerprint density at radius 1 is 1.17 bits per heavy atom. The summed E-state index contributed by atoms with van der Waals surface area (Å²) < 4.78 is 0. The van der Waals surface area contributed by atoms with Gasteiger partial charge < -0.3 is 4.90 Å². The molecule has 0 N–H and O–H groups in total. The number of anilines is 1. The minimum atomic E-state index is 0.787. The summed E-state index contributed by atoms with van der Waals surface area (Å²) in [7, 11) is 0. The van der Waals surface area contributed by atoms with Gasteiger partial charge in [0.1, 0.15) is 0 Å². The Balaban J connectivity index is 1.68. The third-order valence-electron chi connectivity index (χ3n) is 4.07. The van der Waals surface area contributed by atoms with Crippen LogP contribution in [0, 0.1) is 18.3 Å². The molecule has 3 nitrogen and oxygen atoms in total. The highest BCUT2D eigenvalue weighted by atomic mass is 15.3. The van der Waals surface area contributed by atoms with Crippen molar-refractivity contribution in [3.8, 4) is 6.07 Å². The predicted molar refractivity (Wildman–Crippen MR) is 72.7 cm³/mol. The Hall–Kier alpha value is -1.53. The first-order valence-electron chi connectivity index (χ1n) is 6.77. The van der Waals surface area contributed by atoms with Gasteiger partial charge >= 0.3 is 0 Å². The summed E-state index contributed by atoms with van der Waals surface area (Å²) in [6.07, 6.45) is 2.80. The maximum atomic E-state index is 8.95. The molecule has 0 spiro atoms. The van der Waals surface area contributed by atoms with Gasteiger partial charge in [-0.05, 0) is 43.5 Å². The lowest BCUT2D eigenvalue weighted by molar-refractivity contribution is 0.248. The van der Waals surface area contributed by atoms with E-state index in [0.717, 1.165) is 30.3 Å². The number of hydrogen-bond donors (Lipinski definition) is 0. The molecule has 2 aliphatic rings. The van der Waals surface area contributed by atoms with Gasteiger partial charge in [0.2, 0.25) is 0 Å². The quantitative estimate of drug-likeness (QED) is 0.795. The molecule has 0 amide bonds. The number of piperazine rings is 1. The van der Waals surface area contributed by atoms with Crippen LogP contribution in [0.2, 0.25) is 0 Å². The van der Waals surface area contributed by atoms with Crippen molar-refractivity contribution in [2.75, 3.05) is 31.1 Å². The minimum absolute atomic E-state index is 0.787. The standard InChI is InChI=1S/C15H19N3/c1-12-10-15(3-2-13(12)11-16)18-8-6-17(7-9-18)14-4-5-14/h2-3,10,14H,4-9H2,1H3. The van der Waals surface area contributed by atoms with E-state index < -0.39 is 0 Å². The van der Waals surface area contributed by atoms with Gasteiger partial charge in [-0.15, -0.1) is 0 Å². The zero-order valence-corrected chi connectivity index (χ0v) is 10.9. The van der Waals surface area contributed by atoms with Crippen LogP contribution in [0.1, 0.15) is 24.0 Å². The summed E-state index contributed by atoms with van der Waals surface area (Å²) in [5.41, 5.74) is 3.14. The van der Waals surface area contributed by atoms with Crippen molar-refractivity contribution in [3.63, 3.8) is 0 Å². The van der Waals surface area contributed by atoms with E-state index in [-0.39, 0.29) is 0 Å². The van der Waals surface area contributed by atoms with Gasteiger partial charge in [0.25, 0.3) is 0 Å². The van der Waals surface area contributed by atoms with Crippen molar-refractivity contribution in [1.82, 2.24) is 4.90 Å². The molecular weight excluding hydrogens is 222 g/mol. The van der Waals surface area contributed by atoms with Crippen LogP contribution in [0.5, 0.6) is 0 Å². The van der Waals surface area contributed by atoms with Crippen molar-refractivity contribution in [2.24, 2.45) is 0 Å². The highest BCUT2D eigenvalue weighted by molar-refractivity contribution is 5.53. The molecular formula is C15H19N3. The van der Waals surface area contributed by atoms with Crippen molar-refractivity contribution in [3.05, 3.63) is 29.3 Å². The first-order chi connectivity index (χ1) is 8.78. The zero-order valence-electron chi connectivity index (χ0n) is 10.9. The summed E-state index contributed by atoms with van der Waals surface area (Å²) in [5, 5.41) is 8.95. The molecule has 1 saturated heterocycles. The number of benzene rings is 1. The topological polar surface area (TPSA) is 30.3 Å². The second-order valence-corrected chi connectivity index (χ2v) is 5.37. The maximum absolute atomic E-state index is 8.95. The molecule has 1 aromatic carbocycles. The van der Waals surface area contributed by atoms with Crippen LogP contribution in [0.4, 0.5) is 5.69 Å². The lowest BCUT2D eigenvalue weighted by Gasteiger charge is -2.36. The van der Waals surface area contributed by atoms with Gasteiger partial charge in [0.15, 0.2) is 0 Å². The molecule has 2 fully saturated rings. The largest absolute Gasteiger partial charge is 0.369 e. The molecule has 3 rings (SSSR count). The van der Waals surface area contributed by atoms with E-state index in [1.54, 1.807) is 0 Å². The van der Waals surface area contributed by atoms with Crippen LogP contribution in [0.3, 0.4) is 0 Å². The normalized spacial score (nSPS) is 20.8. The Labute approximate surface area is 109 Å². The van der Waals surface area contributed by atoms with Crippen LogP contribution in [0.15, 0.2) is 18.2 Å². The van der Waals surface area contributed by atoms with E-state index in [1.165, 1.54) is 31.6 Å². The molecule has 0 unspecified atom stereocenters. The number of rotatable bonds is 2. The SMILES string of the molecule is Cc1cc(N2CCN(C3CC3)CC2)ccc1C#N. The second kappa shape index (κ2) is 4.62. The Bertz CT molecular complexity index is 477. The number of hydrogen-bond acceptors (Lipinski definition) is 3. The molecule has 1 heterocycles. The predicted octanol–water partition coefficient (Wildman–Crippen LogP) is 2.15. The third kappa shape index (κ3) is 2.21. The summed E-state index contributed by atoms with van der Waals surface area (Å²) >= 11 is 0. The van der Waals surface area contributed by atoms with E-state index in [9.17, 15) is 0 Å². The highest BCUT2D eigenvalue weighted by Crippen LogP contribution is 2.28. The van der Waals surface area contributed by atoms with E-state index >= 15 is 0 Å². The summed E-state index contributed by atoms with van der Waals surface area (Å²) in [6.45, 7) is 6.61. The first kappa shape index (κ1) is 11.6. The van der Waals surface area contributed by atoms with Crippen molar-refractivity contribution in [2.45, 2.75) is 25.8 Å². The van der Waals surface area contributed by atoms with Crippen LogP contribution in [-0.2, 0) is 0 Å². The average molecular weight is 241 g/mol. The van der Waals surface area contributed by atoms with Gasteiger partial charge in [-0.1, -0.05) is 0 Å². The molecule has 0 radical (unpaired) electrons. The van der Waals surface area contributed by atoms with E-state index in [4.69, 9.17) is 5.26 Å². The summed E-state index contributed by atoms with van der Waals surface area (Å²) in [4.78, 5) is 5.06. The smallest absolute Gasteiger partial charge is 0.0994 e. The summed E-state index contributed by atoms with van der Waals surface area (Å²) in [5.74, 6) is 0. The molecule has 94 valence electrons. The monoisotopic (exact) mass is 241 g/mol. The van der Waals surface area contributed by atoms with Crippen molar-refractivity contribution >= 4 is 5.69 Å². The molecule has 0 bridgehead atoms. The third-order valence-corrected chi connectivity index (χ3v) is 4.07. The second-order valence-electron chi connectivity index (χ2n) is 5.37. The van der Waals surface area contributed by atoms with Gasteiger partial charge in [0, 0.05) is 37.9 Å². The van der Waals surface area contributed by atoms with Gasteiger partial charge in [-0.2, -0.15) is 5.26 Å². The Morgan fingerprint density at radius 3 is 2.44 bits per heavy atom. The van der Waals surface area contributed by atoms with Crippen molar-refractivity contribution in [1.29, 1.82) is 5.26 Å². The van der Waals surface area contributed by atoms with E-state index in [1.807, 2.05) is 13.0 Å². The Kier molecular flexibility index (Phi) is 2.97. The van der Waals surface area contributed by atoms with Crippen LogP contribution in [-0.4, -0.2) is 37.1 Å². The van der Waals surface area contributed by atoms with Crippen LogP contribution in [0.25, 0.3) is 0 Å². The zero-order chi connectivity index (χ0) is 12.5.